The molecule has 0 radical (unpaired) electrons. The zero-order valence-corrected chi connectivity index (χ0v) is 30.8. The van der Waals surface area contributed by atoms with Gasteiger partial charge in [0.1, 0.15) is 11.2 Å². The molecule has 1 heterocycles. The van der Waals surface area contributed by atoms with Crippen molar-refractivity contribution >= 4 is 60.5 Å². The zero-order valence-electron chi connectivity index (χ0n) is 30.8. The lowest BCUT2D eigenvalue weighted by Gasteiger charge is -2.31. The molecule has 2 nitrogen and oxygen atoms in total. The summed E-state index contributed by atoms with van der Waals surface area (Å²) in [6.07, 6.45) is 0. The van der Waals surface area contributed by atoms with Crippen LogP contribution in [0.1, 0.15) is 25.0 Å². The smallest absolute Gasteiger partial charge is 0.136 e. The van der Waals surface area contributed by atoms with Crippen molar-refractivity contribution in [3.63, 3.8) is 0 Å². The SMILES string of the molecule is CC1(C)c2ccccc2-c2ccc(N(c3cc(-c4ccccc4)ccc3-c3cccc4oc5ccccc5c34)c3cc4ccccc4c4ccccc34)cc21. The lowest BCUT2D eigenvalue weighted by molar-refractivity contribution is 0.660. The molecule has 55 heavy (non-hydrogen) atoms. The Morgan fingerprint density at radius 1 is 0.400 bits per heavy atom. The van der Waals surface area contributed by atoms with E-state index in [2.05, 4.69) is 201 Å². The van der Waals surface area contributed by atoms with Gasteiger partial charge in [0.25, 0.3) is 0 Å². The molecule has 0 spiro atoms. The summed E-state index contributed by atoms with van der Waals surface area (Å²) in [6.45, 7) is 4.73. The summed E-state index contributed by atoms with van der Waals surface area (Å²) in [4.78, 5) is 2.52. The van der Waals surface area contributed by atoms with Crippen LogP contribution in [0.3, 0.4) is 0 Å². The van der Waals surface area contributed by atoms with Crippen LogP contribution >= 0.6 is 0 Å². The highest BCUT2D eigenvalue weighted by molar-refractivity contribution is 6.17. The van der Waals surface area contributed by atoms with Crippen LogP contribution < -0.4 is 4.90 Å². The quantitative estimate of drug-likeness (QED) is 0.166. The highest BCUT2D eigenvalue weighted by atomic mass is 16.3. The molecule has 0 N–H and O–H groups in total. The van der Waals surface area contributed by atoms with Gasteiger partial charge < -0.3 is 9.32 Å². The van der Waals surface area contributed by atoms with E-state index in [1.165, 1.54) is 49.4 Å². The molecular weight excluding hydrogens is 667 g/mol. The van der Waals surface area contributed by atoms with E-state index in [1.807, 2.05) is 6.07 Å². The van der Waals surface area contributed by atoms with Gasteiger partial charge in [0.15, 0.2) is 0 Å². The first-order valence-corrected chi connectivity index (χ1v) is 19.1. The molecule has 0 unspecified atom stereocenters. The number of para-hydroxylation sites is 1. The molecule has 0 atom stereocenters. The Morgan fingerprint density at radius 2 is 1.05 bits per heavy atom. The van der Waals surface area contributed by atoms with Gasteiger partial charge in [0, 0.05) is 32.8 Å². The lowest BCUT2D eigenvalue weighted by atomic mass is 9.82. The molecular formula is C53H37NO. The summed E-state index contributed by atoms with van der Waals surface area (Å²) in [6, 6.07) is 68.6. The van der Waals surface area contributed by atoms with Crippen molar-refractivity contribution in [2.45, 2.75) is 19.3 Å². The highest BCUT2D eigenvalue weighted by Crippen LogP contribution is 2.53. The maximum atomic E-state index is 6.47. The van der Waals surface area contributed by atoms with E-state index in [0.717, 1.165) is 55.7 Å². The Kier molecular flexibility index (Phi) is 6.93. The lowest BCUT2D eigenvalue weighted by Crippen LogP contribution is -2.17. The Hall–Kier alpha value is -6.90. The van der Waals surface area contributed by atoms with E-state index in [4.69, 9.17) is 4.42 Å². The van der Waals surface area contributed by atoms with Gasteiger partial charge >= 0.3 is 0 Å². The fourth-order valence-corrected chi connectivity index (χ4v) is 9.21. The van der Waals surface area contributed by atoms with Crippen LogP contribution in [0, 0.1) is 0 Å². The first-order chi connectivity index (χ1) is 27.0. The van der Waals surface area contributed by atoms with E-state index in [1.54, 1.807) is 0 Å². The molecule has 0 bridgehead atoms. The van der Waals surface area contributed by atoms with Gasteiger partial charge in [0.05, 0.1) is 11.4 Å². The molecule has 10 aromatic rings. The second-order valence-corrected chi connectivity index (χ2v) is 15.3. The number of hydrogen-bond donors (Lipinski definition) is 0. The Bertz CT molecular complexity index is 3130. The molecule has 0 saturated heterocycles. The topological polar surface area (TPSA) is 16.4 Å². The number of fused-ring (bicyclic) bond motifs is 9. The highest BCUT2D eigenvalue weighted by Gasteiger charge is 2.36. The van der Waals surface area contributed by atoms with E-state index in [-0.39, 0.29) is 5.41 Å². The normalized spacial score (nSPS) is 13.1. The van der Waals surface area contributed by atoms with Gasteiger partial charge in [-0.2, -0.15) is 0 Å². The molecule has 260 valence electrons. The van der Waals surface area contributed by atoms with Crippen LogP contribution in [0.2, 0.25) is 0 Å². The van der Waals surface area contributed by atoms with Gasteiger partial charge in [0.2, 0.25) is 0 Å². The number of nitrogens with zero attached hydrogens (tertiary/aromatic N) is 1. The molecule has 0 saturated carbocycles. The van der Waals surface area contributed by atoms with Crippen molar-refractivity contribution in [3.8, 4) is 33.4 Å². The molecule has 9 aromatic carbocycles. The van der Waals surface area contributed by atoms with Gasteiger partial charge in [-0.3, -0.25) is 0 Å². The fraction of sp³-hybridized carbons (Fsp3) is 0.0566. The second-order valence-electron chi connectivity index (χ2n) is 15.3. The maximum absolute atomic E-state index is 6.47. The standard InChI is InChI=1S/C53H37NO/c1-53(2)46-24-12-10-20-40(46)41-30-28-37(33-47(41)53)54(49-32-36-17-6-7-18-38(36)39-19-8-9-21-42(39)49)48-31-35(34-15-4-3-5-16-34)27-29-43(48)44-23-14-26-51-52(44)45-22-11-13-25-50(45)55-51/h3-33H,1-2H3. The molecule has 1 aliphatic rings. The minimum Gasteiger partial charge on any atom is -0.456 e. The summed E-state index contributed by atoms with van der Waals surface area (Å²) in [5, 5.41) is 7.14. The van der Waals surface area contributed by atoms with E-state index >= 15 is 0 Å². The monoisotopic (exact) mass is 703 g/mol. The summed E-state index contributed by atoms with van der Waals surface area (Å²) in [5.74, 6) is 0. The third-order valence-electron chi connectivity index (χ3n) is 11.9. The van der Waals surface area contributed by atoms with Gasteiger partial charge in [-0.1, -0.05) is 166 Å². The second kappa shape index (κ2) is 12.1. The van der Waals surface area contributed by atoms with Crippen molar-refractivity contribution < 1.29 is 4.42 Å². The molecule has 11 rings (SSSR count). The average molecular weight is 704 g/mol. The van der Waals surface area contributed by atoms with Crippen LogP contribution in [0.4, 0.5) is 17.1 Å². The zero-order chi connectivity index (χ0) is 36.7. The van der Waals surface area contributed by atoms with Crippen LogP contribution in [0.15, 0.2) is 192 Å². The van der Waals surface area contributed by atoms with Crippen molar-refractivity contribution in [1.82, 2.24) is 0 Å². The van der Waals surface area contributed by atoms with Crippen molar-refractivity contribution in [3.05, 3.63) is 199 Å². The molecule has 1 aromatic heterocycles. The Morgan fingerprint density at radius 3 is 1.93 bits per heavy atom. The first-order valence-electron chi connectivity index (χ1n) is 19.1. The Labute approximate surface area is 320 Å². The summed E-state index contributed by atoms with van der Waals surface area (Å²) < 4.78 is 6.47. The largest absolute Gasteiger partial charge is 0.456 e. The van der Waals surface area contributed by atoms with E-state index < -0.39 is 0 Å². The number of anilines is 3. The molecule has 2 heteroatoms. The Balaban J connectivity index is 1.27. The van der Waals surface area contributed by atoms with Crippen molar-refractivity contribution in [2.24, 2.45) is 0 Å². The number of furan rings is 1. The van der Waals surface area contributed by atoms with Crippen LogP contribution in [-0.4, -0.2) is 0 Å². The predicted octanol–water partition coefficient (Wildman–Crippen LogP) is 15.0. The van der Waals surface area contributed by atoms with Crippen molar-refractivity contribution in [2.75, 3.05) is 4.90 Å². The molecule has 0 fully saturated rings. The predicted molar refractivity (Wildman–Crippen MR) is 232 cm³/mol. The van der Waals surface area contributed by atoms with Crippen LogP contribution in [-0.2, 0) is 5.41 Å². The number of hydrogen-bond acceptors (Lipinski definition) is 2. The van der Waals surface area contributed by atoms with E-state index in [9.17, 15) is 0 Å². The summed E-state index contributed by atoms with van der Waals surface area (Å²) >= 11 is 0. The van der Waals surface area contributed by atoms with E-state index in [0.29, 0.717) is 0 Å². The molecule has 0 amide bonds. The third-order valence-corrected chi connectivity index (χ3v) is 11.9. The fourth-order valence-electron chi connectivity index (χ4n) is 9.21. The minimum atomic E-state index is -0.158. The van der Waals surface area contributed by atoms with Crippen molar-refractivity contribution in [1.29, 1.82) is 0 Å². The van der Waals surface area contributed by atoms with Gasteiger partial charge in [-0.05, 0) is 91.5 Å². The summed E-state index contributed by atoms with van der Waals surface area (Å²) in [5.41, 5.74) is 14.9. The average Bonchev–Trinajstić information content (AvgIpc) is 3.73. The van der Waals surface area contributed by atoms with Crippen LogP contribution in [0.5, 0.6) is 0 Å². The third kappa shape index (κ3) is 4.81. The van der Waals surface area contributed by atoms with Gasteiger partial charge in [-0.15, -0.1) is 0 Å². The molecule has 1 aliphatic carbocycles. The maximum Gasteiger partial charge on any atom is 0.136 e. The number of benzene rings is 9. The minimum absolute atomic E-state index is 0.158. The molecule has 0 aliphatic heterocycles. The summed E-state index contributed by atoms with van der Waals surface area (Å²) in [7, 11) is 0. The number of rotatable bonds is 5. The van der Waals surface area contributed by atoms with Gasteiger partial charge in [-0.25, -0.2) is 0 Å². The van der Waals surface area contributed by atoms with Crippen LogP contribution in [0.25, 0.3) is 76.9 Å². The first kappa shape index (κ1) is 31.6.